The molecule has 0 radical (unpaired) electrons. The van der Waals surface area contributed by atoms with Gasteiger partial charge >= 0.3 is 0 Å². The summed E-state index contributed by atoms with van der Waals surface area (Å²) in [6, 6.07) is 8.73. The van der Waals surface area contributed by atoms with Crippen LogP contribution in [0.1, 0.15) is 26.3 Å². The van der Waals surface area contributed by atoms with Crippen molar-refractivity contribution in [3.63, 3.8) is 0 Å². The van der Waals surface area contributed by atoms with Gasteiger partial charge in [-0.15, -0.1) is 0 Å². The van der Waals surface area contributed by atoms with Gasteiger partial charge in [0.1, 0.15) is 17.4 Å². The molecule has 0 saturated carbocycles. The van der Waals surface area contributed by atoms with Gasteiger partial charge in [-0.25, -0.2) is 8.78 Å². The normalized spacial score (nSPS) is 11.1. The summed E-state index contributed by atoms with van der Waals surface area (Å²) < 4.78 is 31.7. The maximum absolute atomic E-state index is 13.6. The Balaban J connectivity index is 2.09. The van der Waals surface area contributed by atoms with Gasteiger partial charge in [0.05, 0.1) is 25.0 Å². The zero-order chi connectivity index (χ0) is 18.6. The lowest BCUT2D eigenvalue weighted by atomic mass is 9.87. The van der Waals surface area contributed by atoms with Crippen molar-refractivity contribution in [3.05, 3.63) is 53.6 Å². The molecule has 0 bridgehead atoms. The molecule has 2 aromatic carbocycles. The van der Waals surface area contributed by atoms with E-state index in [1.807, 2.05) is 12.1 Å². The minimum atomic E-state index is -0.750. The molecule has 0 unspecified atom stereocenters. The second-order valence-electron chi connectivity index (χ2n) is 6.69. The highest BCUT2D eigenvalue weighted by molar-refractivity contribution is 5.95. The summed E-state index contributed by atoms with van der Waals surface area (Å²) in [6.07, 6.45) is 0. The Kier molecular flexibility index (Phi) is 5.62. The molecular formula is C19H22F2N2O2. The highest BCUT2D eigenvalue weighted by Crippen LogP contribution is 2.31. The van der Waals surface area contributed by atoms with Crippen molar-refractivity contribution in [1.29, 1.82) is 0 Å². The third-order valence-corrected chi connectivity index (χ3v) is 3.71. The van der Waals surface area contributed by atoms with E-state index in [2.05, 4.69) is 31.4 Å². The molecule has 0 fully saturated rings. The molecule has 0 atom stereocenters. The molecule has 134 valence electrons. The number of halogens is 2. The number of benzene rings is 2. The summed E-state index contributed by atoms with van der Waals surface area (Å²) in [5.41, 5.74) is 1.57. The lowest BCUT2D eigenvalue weighted by Crippen LogP contribution is -2.23. The quantitative estimate of drug-likeness (QED) is 0.846. The standard InChI is InChI=1S/C19H22F2N2O2/c1-19(2,3)12-5-8-17(25-4)16(9-12)23-18(24)11-22-15-7-6-13(20)10-14(15)21/h5-10,22H,11H2,1-4H3,(H,23,24). The summed E-state index contributed by atoms with van der Waals surface area (Å²) >= 11 is 0. The van der Waals surface area contributed by atoms with Crippen LogP contribution in [0.2, 0.25) is 0 Å². The average Bonchev–Trinajstić information content (AvgIpc) is 2.53. The molecule has 0 aliphatic carbocycles. The number of hydrogen-bond donors (Lipinski definition) is 2. The Morgan fingerprint density at radius 2 is 1.80 bits per heavy atom. The SMILES string of the molecule is COc1ccc(C(C)(C)C)cc1NC(=O)CNc1ccc(F)cc1F. The summed E-state index contributed by atoms with van der Waals surface area (Å²) in [5, 5.41) is 5.40. The van der Waals surface area contributed by atoms with E-state index in [1.165, 1.54) is 13.2 Å². The van der Waals surface area contributed by atoms with Crippen molar-refractivity contribution in [2.24, 2.45) is 0 Å². The predicted molar refractivity (Wildman–Crippen MR) is 95.2 cm³/mol. The number of hydrogen-bond acceptors (Lipinski definition) is 3. The van der Waals surface area contributed by atoms with Crippen LogP contribution in [0.15, 0.2) is 36.4 Å². The Hall–Kier alpha value is -2.63. The third-order valence-electron chi connectivity index (χ3n) is 3.71. The van der Waals surface area contributed by atoms with Crippen LogP contribution < -0.4 is 15.4 Å². The fourth-order valence-electron chi connectivity index (χ4n) is 2.27. The number of methoxy groups -OCH3 is 1. The molecular weight excluding hydrogens is 326 g/mol. The number of rotatable bonds is 5. The first-order chi connectivity index (χ1) is 11.7. The molecule has 0 spiro atoms. The van der Waals surface area contributed by atoms with Gasteiger partial charge in [-0.3, -0.25) is 4.79 Å². The average molecular weight is 348 g/mol. The van der Waals surface area contributed by atoms with Crippen LogP contribution in [0.5, 0.6) is 5.75 Å². The number of carbonyl (C=O) groups excluding carboxylic acids is 1. The smallest absolute Gasteiger partial charge is 0.243 e. The minimum absolute atomic E-state index is 0.0620. The van der Waals surface area contributed by atoms with Crippen molar-refractivity contribution in [2.45, 2.75) is 26.2 Å². The molecule has 25 heavy (non-hydrogen) atoms. The fraction of sp³-hybridized carbons (Fsp3) is 0.316. The van der Waals surface area contributed by atoms with Gasteiger partial charge in [-0.05, 0) is 35.2 Å². The van der Waals surface area contributed by atoms with Crippen LogP contribution in [0.3, 0.4) is 0 Å². The molecule has 0 saturated heterocycles. The fourth-order valence-corrected chi connectivity index (χ4v) is 2.27. The van der Waals surface area contributed by atoms with Crippen LogP contribution in [0, 0.1) is 11.6 Å². The Labute approximate surface area is 146 Å². The third kappa shape index (κ3) is 4.92. The van der Waals surface area contributed by atoms with Crippen LogP contribution in [0.4, 0.5) is 20.2 Å². The van der Waals surface area contributed by atoms with Crippen molar-refractivity contribution < 1.29 is 18.3 Å². The van der Waals surface area contributed by atoms with Crippen molar-refractivity contribution in [3.8, 4) is 5.75 Å². The van der Waals surface area contributed by atoms with E-state index in [-0.39, 0.29) is 23.6 Å². The Bertz CT molecular complexity index is 771. The van der Waals surface area contributed by atoms with Gasteiger partial charge in [0.25, 0.3) is 0 Å². The summed E-state index contributed by atoms with van der Waals surface area (Å²) in [7, 11) is 1.52. The van der Waals surface area contributed by atoms with Crippen LogP contribution in [-0.2, 0) is 10.2 Å². The van der Waals surface area contributed by atoms with E-state index in [9.17, 15) is 13.6 Å². The van der Waals surface area contributed by atoms with Crippen molar-refractivity contribution in [1.82, 2.24) is 0 Å². The molecule has 0 aliphatic rings. The maximum atomic E-state index is 13.6. The first-order valence-electron chi connectivity index (χ1n) is 7.88. The molecule has 2 N–H and O–H groups in total. The van der Waals surface area contributed by atoms with Gasteiger partial charge in [0, 0.05) is 6.07 Å². The predicted octanol–water partition coefficient (Wildman–Crippen LogP) is 4.32. The highest BCUT2D eigenvalue weighted by Gasteiger charge is 2.17. The van der Waals surface area contributed by atoms with Crippen LogP contribution >= 0.6 is 0 Å². The molecule has 2 aromatic rings. The van der Waals surface area contributed by atoms with Crippen LogP contribution in [-0.4, -0.2) is 19.6 Å². The van der Waals surface area contributed by atoms with E-state index in [0.29, 0.717) is 11.4 Å². The molecule has 6 heteroatoms. The van der Waals surface area contributed by atoms with E-state index >= 15 is 0 Å². The van der Waals surface area contributed by atoms with Gasteiger partial charge < -0.3 is 15.4 Å². The number of carbonyl (C=O) groups is 1. The molecule has 2 rings (SSSR count). The first-order valence-corrected chi connectivity index (χ1v) is 7.88. The van der Waals surface area contributed by atoms with E-state index < -0.39 is 11.6 Å². The minimum Gasteiger partial charge on any atom is -0.495 e. The van der Waals surface area contributed by atoms with Gasteiger partial charge in [-0.1, -0.05) is 26.8 Å². The molecule has 0 aliphatic heterocycles. The molecule has 1 amide bonds. The Morgan fingerprint density at radius 3 is 2.40 bits per heavy atom. The number of nitrogens with one attached hydrogen (secondary N) is 2. The second-order valence-corrected chi connectivity index (χ2v) is 6.69. The van der Waals surface area contributed by atoms with Crippen molar-refractivity contribution in [2.75, 3.05) is 24.3 Å². The second kappa shape index (κ2) is 7.51. The summed E-state index contributed by atoms with van der Waals surface area (Å²) in [4.78, 5) is 12.2. The van der Waals surface area contributed by atoms with Gasteiger partial charge in [-0.2, -0.15) is 0 Å². The maximum Gasteiger partial charge on any atom is 0.243 e. The van der Waals surface area contributed by atoms with Crippen LogP contribution in [0.25, 0.3) is 0 Å². The monoisotopic (exact) mass is 348 g/mol. The summed E-state index contributed by atoms with van der Waals surface area (Å²) in [5.74, 6) is -1.25. The molecule has 0 heterocycles. The number of anilines is 2. The molecule has 0 aromatic heterocycles. The zero-order valence-corrected chi connectivity index (χ0v) is 14.7. The zero-order valence-electron chi connectivity index (χ0n) is 14.7. The lowest BCUT2D eigenvalue weighted by molar-refractivity contribution is -0.114. The van der Waals surface area contributed by atoms with E-state index in [0.717, 1.165) is 17.7 Å². The lowest BCUT2D eigenvalue weighted by Gasteiger charge is -2.21. The highest BCUT2D eigenvalue weighted by atomic mass is 19.1. The number of ether oxygens (including phenoxy) is 1. The molecule has 4 nitrogen and oxygen atoms in total. The van der Waals surface area contributed by atoms with Gasteiger partial charge in [0.15, 0.2) is 0 Å². The van der Waals surface area contributed by atoms with Crippen molar-refractivity contribution >= 4 is 17.3 Å². The van der Waals surface area contributed by atoms with E-state index in [4.69, 9.17) is 4.74 Å². The van der Waals surface area contributed by atoms with Gasteiger partial charge in [0.2, 0.25) is 5.91 Å². The first kappa shape index (κ1) is 18.7. The topological polar surface area (TPSA) is 50.4 Å². The number of amides is 1. The Morgan fingerprint density at radius 1 is 1.08 bits per heavy atom. The largest absolute Gasteiger partial charge is 0.495 e. The van der Waals surface area contributed by atoms with E-state index in [1.54, 1.807) is 6.07 Å². The summed E-state index contributed by atoms with van der Waals surface area (Å²) in [6.45, 7) is 6.04.